The molecule has 0 saturated heterocycles. The first-order valence-electron chi connectivity index (χ1n) is 7.50. The fourth-order valence-corrected chi connectivity index (χ4v) is 2.56. The van der Waals surface area contributed by atoms with Gasteiger partial charge in [0.2, 0.25) is 0 Å². The van der Waals surface area contributed by atoms with E-state index in [9.17, 15) is 4.79 Å². The Morgan fingerprint density at radius 2 is 1.62 bits per heavy atom. The summed E-state index contributed by atoms with van der Waals surface area (Å²) in [5.41, 5.74) is 8.18. The second-order valence-corrected chi connectivity index (χ2v) is 5.77. The summed E-state index contributed by atoms with van der Waals surface area (Å²) in [4.78, 5) is 12.8. The number of nitrogens with two attached hydrogens (primary N) is 1. The molecule has 3 rings (SSSR count). The van der Waals surface area contributed by atoms with Crippen LogP contribution in [0.2, 0.25) is 5.02 Å². The molecule has 0 spiro atoms. The van der Waals surface area contributed by atoms with Crippen molar-refractivity contribution in [3.8, 4) is 5.75 Å². The molecule has 0 aliphatic heterocycles. The molecule has 0 heterocycles. The Morgan fingerprint density at radius 3 is 2.42 bits per heavy atom. The molecule has 0 aromatic heterocycles. The van der Waals surface area contributed by atoms with Gasteiger partial charge in [-0.2, -0.15) is 0 Å². The lowest BCUT2D eigenvalue weighted by molar-refractivity contribution is 0.103. The highest BCUT2D eigenvalue weighted by Gasteiger charge is 2.17. The number of hydrogen-bond donors (Lipinski definition) is 1. The molecule has 0 unspecified atom stereocenters. The molecular weight excluding hydrogens is 322 g/mol. The fraction of sp³-hybridized carbons (Fsp3) is 0.0500. The van der Waals surface area contributed by atoms with E-state index in [1.807, 2.05) is 36.4 Å². The van der Waals surface area contributed by atoms with Gasteiger partial charge in [0.15, 0.2) is 5.78 Å². The molecule has 24 heavy (non-hydrogen) atoms. The molecule has 3 nitrogen and oxygen atoms in total. The predicted molar refractivity (Wildman–Crippen MR) is 96.5 cm³/mol. The molecule has 0 radical (unpaired) electrons. The summed E-state index contributed by atoms with van der Waals surface area (Å²) in [5.74, 6) is 0.310. The molecule has 3 aromatic carbocycles. The first kappa shape index (κ1) is 16.1. The van der Waals surface area contributed by atoms with Gasteiger partial charge < -0.3 is 10.5 Å². The average molecular weight is 338 g/mol. The van der Waals surface area contributed by atoms with E-state index in [0.29, 0.717) is 34.2 Å². The lowest BCUT2D eigenvalue weighted by Crippen LogP contribution is -2.08. The second kappa shape index (κ2) is 7.20. The topological polar surface area (TPSA) is 52.3 Å². The van der Waals surface area contributed by atoms with E-state index in [1.165, 1.54) is 0 Å². The lowest BCUT2D eigenvalue weighted by atomic mass is 10.0. The van der Waals surface area contributed by atoms with Crippen LogP contribution >= 0.6 is 11.6 Å². The highest BCUT2D eigenvalue weighted by atomic mass is 35.5. The average Bonchev–Trinajstić information content (AvgIpc) is 2.62. The van der Waals surface area contributed by atoms with Gasteiger partial charge in [-0.15, -0.1) is 0 Å². The molecule has 0 atom stereocenters. The van der Waals surface area contributed by atoms with Crippen LogP contribution in [0.3, 0.4) is 0 Å². The maximum Gasteiger partial charge on any atom is 0.198 e. The van der Waals surface area contributed by atoms with Crippen molar-refractivity contribution >= 4 is 23.1 Å². The molecule has 120 valence electrons. The maximum atomic E-state index is 12.8. The summed E-state index contributed by atoms with van der Waals surface area (Å²) in [6, 6.07) is 21.8. The SMILES string of the molecule is Nc1ccc(Cl)cc1C(=O)c1ccccc1OCc1ccccc1. The highest BCUT2D eigenvalue weighted by molar-refractivity contribution is 6.31. The van der Waals surface area contributed by atoms with Gasteiger partial charge in [-0.05, 0) is 35.9 Å². The zero-order chi connectivity index (χ0) is 16.9. The van der Waals surface area contributed by atoms with Crippen LogP contribution in [0.5, 0.6) is 5.75 Å². The Bertz CT molecular complexity index is 863. The van der Waals surface area contributed by atoms with Crippen molar-refractivity contribution in [1.82, 2.24) is 0 Å². The minimum Gasteiger partial charge on any atom is -0.488 e. The molecule has 0 fully saturated rings. The number of nitrogen functional groups attached to an aromatic ring is 1. The van der Waals surface area contributed by atoms with E-state index in [1.54, 1.807) is 36.4 Å². The van der Waals surface area contributed by atoms with Crippen LogP contribution in [0.25, 0.3) is 0 Å². The number of benzene rings is 3. The third-order valence-corrected chi connectivity index (χ3v) is 3.86. The summed E-state index contributed by atoms with van der Waals surface area (Å²) in [6.07, 6.45) is 0. The predicted octanol–water partition coefficient (Wildman–Crippen LogP) is 4.73. The number of para-hydroxylation sites is 1. The van der Waals surface area contributed by atoms with Crippen molar-refractivity contribution in [2.24, 2.45) is 0 Å². The Labute approximate surface area is 145 Å². The van der Waals surface area contributed by atoms with E-state index in [4.69, 9.17) is 22.1 Å². The first-order chi connectivity index (χ1) is 11.6. The Hall–Kier alpha value is -2.78. The van der Waals surface area contributed by atoms with Crippen LogP contribution in [-0.4, -0.2) is 5.78 Å². The molecule has 0 amide bonds. The smallest absolute Gasteiger partial charge is 0.198 e. The van der Waals surface area contributed by atoms with Gasteiger partial charge >= 0.3 is 0 Å². The lowest BCUT2D eigenvalue weighted by Gasteiger charge is -2.12. The standard InChI is InChI=1S/C20H16ClNO2/c21-15-10-11-18(22)17(12-15)20(23)16-8-4-5-9-19(16)24-13-14-6-2-1-3-7-14/h1-12H,13,22H2. The van der Waals surface area contributed by atoms with E-state index in [2.05, 4.69) is 0 Å². The second-order valence-electron chi connectivity index (χ2n) is 5.33. The van der Waals surface area contributed by atoms with Crippen molar-refractivity contribution in [3.63, 3.8) is 0 Å². The van der Waals surface area contributed by atoms with Crippen molar-refractivity contribution in [1.29, 1.82) is 0 Å². The first-order valence-corrected chi connectivity index (χ1v) is 7.88. The van der Waals surface area contributed by atoms with Gasteiger partial charge in [-0.25, -0.2) is 0 Å². The summed E-state index contributed by atoms with van der Waals surface area (Å²) >= 11 is 5.99. The number of carbonyl (C=O) groups is 1. The monoisotopic (exact) mass is 337 g/mol. The van der Waals surface area contributed by atoms with Crippen LogP contribution in [0, 0.1) is 0 Å². The zero-order valence-corrected chi connectivity index (χ0v) is 13.7. The molecule has 0 saturated carbocycles. The maximum absolute atomic E-state index is 12.8. The highest BCUT2D eigenvalue weighted by Crippen LogP contribution is 2.26. The third-order valence-electron chi connectivity index (χ3n) is 3.63. The van der Waals surface area contributed by atoms with E-state index in [-0.39, 0.29) is 5.78 Å². The minimum absolute atomic E-state index is 0.210. The Morgan fingerprint density at radius 1 is 0.917 bits per heavy atom. The van der Waals surface area contributed by atoms with Crippen LogP contribution in [-0.2, 0) is 6.61 Å². The quantitative estimate of drug-likeness (QED) is 0.540. The molecule has 0 bridgehead atoms. The number of carbonyl (C=O) groups excluding carboxylic acids is 1. The molecule has 3 aromatic rings. The molecule has 2 N–H and O–H groups in total. The number of ether oxygens (including phenoxy) is 1. The number of ketones is 1. The van der Waals surface area contributed by atoms with Gasteiger partial charge in [0, 0.05) is 16.3 Å². The fourth-order valence-electron chi connectivity index (χ4n) is 2.39. The number of anilines is 1. The molecular formula is C20H16ClNO2. The molecule has 0 aliphatic carbocycles. The van der Waals surface area contributed by atoms with E-state index < -0.39 is 0 Å². The number of rotatable bonds is 5. The van der Waals surface area contributed by atoms with E-state index in [0.717, 1.165) is 5.56 Å². The zero-order valence-electron chi connectivity index (χ0n) is 12.9. The van der Waals surface area contributed by atoms with Crippen LogP contribution in [0.1, 0.15) is 21.5 Å². The van der Waals surface area contributed by atoms with Crippen molar-refractivity contribution in [2.45, 2.75) is 6.61 Å². The molecule has 0 aliphatic rings. The minimum atomic E-state index is -0.210. The van der Waals surface area contributed by atoms with E-state index >= 15 is 0 Å². The Kier molecular flexibility index (Phi) is 4.82. The summed E-state index contributed by atoms with van der Waals surface area (Å²) in [7, 11) is 0. The largest absolute Gasteiger partial charge is 0.488 e. The Balaban J connectivity index is 1.88. The summed E-state index contributed by atoms with van der Waals surface area (Å²) in [5, 5.41) is 0.468. The third kappa shape index (κ3) is 3.58. The van der Waals surface area contributed by atoms with Crippen LogP contribution in [0.15, 0.2) is 72.8 Å². The van der Waals surface area contributed by atoms with Gasteiger partial charge in [0.05, 0.1) is 5.56 Å². The van der Waals surface area contributed by atoms with Gasteiger partial charge in [-0.1, -0.05) is 54.1 Å². The summed E-state index contributed by atoms with van der Waals surface area (Å²) < 4.78 is 5.84. The van der Waals surface area contributed by atoms with Crippen LogP contribution < -0.4 is 10.5 Å². The van der Waals surface area contributed by atoms with Gasteiger partial charge in [0.25, 0.3) is 0 Å². The summed E-state index contributed by atoms with van der Waals surface area (Å²) in [6.45, 7) is 0.385. The van der Waals surface area contributed by atoms with Crippen molar-refractivity contribution in [2.75, 3.05) is 5.73 Å². The van der Waals surface area contributed by atoms with Gasteiger partial charge in [0.1, 0.15) is 12.4 Å². The van der Waals surface area contributed by atoms with Crippen LogP contribution in [0.4, 0.5) is 5.69 Å². The number of hydrogen-bond acceptors (Lipinski definition) is 3. The number of halogens is 1. The normalized spacial score (nSPS) is 10.4. The van der Waals surface area contributed by atoms with Crippen molar-refractivity contribution in [3.05, 3.63) is 94.5 Å². The van der Waals surface area contributed by atoms with Crippen molar-refractivity contribution < 1.29 is 9.53 Å². The molecule has 4 heteroatoms. The van der Waals surface area contributed by atoms with Gasteiger partial charge in [-0.3, -0.25) is 4.79 Å².